The second-order valence-corrected chi connectivity index (χ2v) is 12.9. The standard InChI is InChI=1S/C17H26ClNO2Si/c1-17(2,3)22(4,5)21-13-7-8-15(20)14(10-13)12-6-9-16(18)19-11-12/h6,9,11,13-14H,7-8,10H2,1-5H3. The molecule has 2 rings (SSSR count). The molecule has 0 radical (unpaired) electrons. The molecule has 3 nitrogen and oxygen atoms in total. The fraction of sp³-hybridized carbons (Fsp3) is 0.647. The van der Waals surface area contributed by atoms with Crippen molar-refractivity contribution in [1.29, 1.82) is 0 Å². The lowest BCUT2D eigenvalue weighted by molar-refractivity contribution is -0.123. The maximum absolute atomic E-state index is 12.3. The summed E-state index contributed by atoms with van der Waals surface area (Å²) in [6, 6.07) is 3.66. The topological polar surface area (TPSA) is 39.2 Å². The van der Waals surface area contributed by atoms with Crippen molar-refractivity contribution in [3.8, 4) is 0 Å². The molecule has 1 saturated carbocycles. The molecule has 0 spiro atoms. The quantitative estimate of drug-likeness (QED) is 0.577. The molecule has 0 N–H and O–H groups in total. The lowest BCUT2D eigenvalue weighted by atomic mass is 9.82. The molecule has 0 amide bonds. The van der Waals surface area contributed by atoms with E-state index < -0.39 is 8.32 Å². The van der Waals surface area contributed by atoms with Gasteiger partial charge < -0.3 is 4.43 Å². The van der Waals surface area contributed by atoms with Crippen LogP contribution in [0.3, 0.4) is 0 Å². The number of halogens is 1. The summed E-state index contributed by atoms with van der Waals surface area (Å²) in [6.45, 7) is 11.3. The van der Waals surface area contributed by atoms with Gasteiger partial charge in [0.05, 0.1) is 0 Å². The van der Waals surface area contributed by atoms with Crippen LogP contribution in [0.1, 0.15) is 51.5 Å². The van der Waals surface area contributed by atoms with E-state index in [0.717, 1.165) is 18.4 Å². The van der Waals surface area contributed by atoms with Gasteiger partial charge in [-0.3, -0.25) is 4.79 Å². The molecule has 122 valence electrons. The minimum atomic E-state index is -1.80. The molecular weight excluding hydrogens is 314 g/mol. The number of hydrogen-bond donors (Lipinski definition) is 0. The Bertz CT molecular complexity index is 537. The van der Waals surface area contributed by atoms with Gasteiger partial charge in [0.2, 0.25) is 0 Å². The molecule has 1 aromatic rings. The fourth-order valence-corrected chi connectivity index (χ4v) is 4.12. The van der Waals surface area contributed by atoms with Crippen LogP contribution in [0.4, 0.5) is 0 Å². The van der Waals surface area contributed by atoms with Gasteiger partial charge >= 0.3 is 0 Å². The lowest BCUT2D eigenvalue weighted by Gasteiger charge is -2.41. The monoisotopic (exact) mass is 339 g/mol. The lowest BCUT2D eigenvalue weighted by Crippen LogP contribution is -2.45. The summed E-state index contributed by atoms with van der Waals surface area (Å²) in [5, 5.41) is 0.646. The Kier molecular flexibility index (Phi) is 5.15. The molecule has 0 aromatic carbocycles. The van der Waals surface area contributed by atoms with Crippen LogP contribution in [0.2, 0.25) is 23.3 Å². The van der Waals surface area contributed by atoms with Gasteiger partial charge in [0.25, 0.3) is 0 Å². The molecule has 5 heteroatoms. The van der Waals surface area contributed by atoms with Crippen LogP contribution in [0.5, 0.6) is 0 Å². The fourth-order valence-electron chi connectivity index (χ4n) is 2.61. The first-order valence-electron chi connectivity index (χ1n) is 7.92. The molecule has 1 aliphatic rings. The van der Waals surface area contributed by atoms with Gasteiger partial charge in [-0.05, 0) is 42.6 Å². The average Bonchev–Trinajstić information content (AvgIpc) is 2.40. The molecule has 0 bridgehead atoms. The van der Waals surface area contributed by atoms with Gasteiger partial charge in [-0.1, -0.05) is 38.4 Å². The molecule has 2 unspecified atom stereocenters. The summed E-state index contributed by atoms with van der Waals surface area (Å²) in [6.07, 6.45) is 4.07. The Morgan fingerprint density at radius 1 is 1.32 bits per heavy atom. The van der Waals surface area contributed by atoms with Crippen LogP contribution in [0.15, 0.2) is 18.3 Å². The first kappa shape index (κ1) is 17.6. The zero-order valence-electron chi connectivity index (χ0n) is 14.1. The van der Waals surface area contributed by atoms with E-state index in [2.05, 4.69) is 38.8 Å². The molecule has 0 saturated heterocycles. The second kappa shape index (κ2) is 6.42. The Morgan fingerprint density at radius 3 is 2.55 bits per heavy atom. The predicted molar refractivity (Wildman–Crippen MR) is 92.9 cm³/mol. The van der Waals surface area contributed by atoms with E-state index >= 15 is 0 Å². The van der Waals surface area contributed by atoms with Crippen molar-refractivity contribution in [2.45, 2.75) is 70.2 Å². The van der Waals surface area contributed by atoms with E-state index in [4.69, 9.17) is 16.0 Å². The number of hydrogen-bond acceptors (Lipinski definition) is 3. The summed E-state index contributed by atoms with van der Waals surface area (Å²) in [7, 11) is -1.80. The first-order valence-corrected chi connectivity index (χ1v) is 11.2. The van der Waals surface area contributed by atoms with E-state index in [1.165, 1.54) is 0 Å². The summed E-state index contributed by atoms with van der Waals surface area (Å²) in [5.74, 6) is 0.187. The van der Waals surface area contributed by atoms with E-state index in [1.807, 2.05) is 6.07 Å². The number of nitrogens with zero attached hydrogens (tertiary/aromatic N) is 1. The zero-order chi connectivity index (χ0) is 16.5. The van der Waals surface area contributed by atoms with E-state index in [9.17, 15) is 4.79 Å². The average molecular weight is 340 g/mol. The highest BCUT2D eigenvalue weighted by Gasteiger charge is 2.41. The maximum atomic E-state index is 12.3. The third-order valence-electron chi connectivity index (χ3n) is 5.02. The van der Waals surface area contributed by atoms with Gasteiger partial charge in [-0.2, -0.15) is 0 Å². The molecule has 0 aliphatic heterocycles. The van der Waals surface area contributed by atoms with Crippen LogP contribution in [0.25, 0.3) is 0 Å². The van der Waals surface area contributed by atoms with Gasteiger partial charge in [0.1, 0.15) is 10.9 Å². The van der Waals surface area contributed by atoms with Crippen LogP contribution in [-0.2, 0) is 9.22 Å². The van der Waals surface area contributed by atoms with E-state index in [0.29, 0.717) is 17.4 Å². The smallest absolute Gasteiger partial charge is 0.192 e. The van der Waals surface area contributed by atoms with Crippen molar-refractivity contribution in [1.82, 2.24) is 4.98 Å². The molecule has 1 aromatic heterocycles. The van der Waals surface area contributed by atoms with Crippen molar-refractivity contribution in [2.75, 3.05) is 0 Å². The van der Waals surface area contributed by atoms with Crippen molar-refractivity contribution < 1.29 is 9.22 Å². The van der Waals surface area contributed by atoms with Crippen LogP contribution in [-0.4, -0.2) is 25.2 Å². The SMILES string of the molecule is CC(C)(C)[Si](C)(C)OC1CCC(=O)C(c2ccc(Cl)nc2)C1. The Labute approximate surface area is 139 Å². The minimum absolute atomic E-state index is 0.103. The number of ketones is 1. The molecular formula is C17H26ClNO2Si. The number of aromatic nitrogens is 1. The number of rotatable bonds is 3. The normalized spacial score (nSPS) is 23.6. The zero-order valence-corrected chi connectivity index (χ0v) is 15.9. The molecule has 1 heterocycles. The van der Waals surface area contributed by atoms with Crippen molar-refractivity contribution in [3.05, 3.63) is 29.0 Å². The van der Waals surface area contributed by atoms with Crippen LogP contribution < -0.4 is 0 Å². The summed E-state index contributed by atoms with van der Waals surface area (Å²) in [4.78, 5) is 16.4. The Hall–Kier alpha value is -0.713. The first-order chi connectivity index (χ1) is 10.1. The molecule has 1 fully saturated rings. The predicted octanol–water partition coefficient (Wildman–Crippen LogP) is 4.96. The summed E-state index contributed by atoms with van der Waals surface area (Å²) >= 11 is 5.84. The van der Waals surface area contributed by atoms with E-state index in [1.54, 1.807) is 12.3 Å². The third kappa shape index (κ3) is 3.97. The highest BCUT2D eigenvalue weighted by Crippen LogP contribution is 2.40. The summed E-state index contributed by atoms with van der Waals surface area (Å²) < 4.78 is 6.51. The van der Waals surface area contributed by atoms with Crippen molar-refractivity contribution >= 4 is 25.7 Å². The highest BCUT2D eigenvalue weighted by molar-refractivity contribution is 6.74. The number of carbonyl (C=O) groups excluding carboxylic acids is 1. The third-order valence-corrected chi connectivity index (χ3v) is 9.78. The second-order valence-electron chi connectivity index (χ2n) is 7.71. The largest absolute Gasteiger partial charge is 0.414 e. The number of Topliss-reactive ketones (excluding diaryl/α,β-unsaturated/α-hetero) is 1. The van der Waals surface area contributed by atoms with Crippen LogP contribution >= 0.6 is 11.6 Å². The Balaban J connectivity index is 2.11. The number of pyridine rings is 1. The van der Waals surface area contributed by atoms with Crippen molar-refractivity contribution in [2.24, 2.45) is 0 Å². The molecule has 2 atom stereocenters. The highest BCUT2D eigenvalue weighted by atomic mass is 35.5. The Morgan fingerprint density at radius 2 is 2.00 bits per heavy atom. The van der Waals surface area contributed by atoms with Gasteiger partial charge in [0, 0.05) is 24.6 Å². The van der Waals surface area contributed by atoms with Gasteiger partial charge in [-0.15, -0.1) is 0 Å². The van der Waals surface area contributed by atoms with Crippen LogP contribution in [0, 0.1) is 0 Å². The maximum Gasteiger partial charge on any atom is 0.192 e. The molecule has 22 heavy (non-hydrogen) atoms. The minimum Gasteiger partial charge on any atom is -0.414 e. The van der Waals surface area contributed by atoms with Gasteiger partial charge in [-0.25, -0.2) is 4.98 Å². The van der Waals surface area contributed by atoms with E-state index in [-0.39, 0.29) is 17.1 Å². The van der Waals surface area contributed by atoms with Gasteiger partial charge in [0.15, 0.2) is 8.32 Å². The summed E-state index contributed by atoms with van der Waals surface area (Å²) in [5.41, 5.74) is 0.956. The molecule has 1 aliphatic carbocycles. The number of carbonyl (C=O) groups is 1. The van der Waals surface area contributed by atoms with Crippen molar-refractivity contribution in [3.63, 3.8) is 0 Å².